The summed E-state index contributed by atoms with van der Waals surface area (Å²) in [5.41, 5.74) is 1.31. The van der Waals surface area contributed by atoms with Crippen LogP contribution >= 0.6 is 0 Å². The molecule has 0 fully saturated rings. The summed E-state index contributed by atoms with van der Waals surface area (Å²) in [4.78, 5) is 0. The Balaban J connectivity index is 2.23. The molecule has 0 bridgehead atoms. The first-order valence-corrected chi connectivity index (χ1v) is 6.56. The van der Waals surface area contributed by atoms with Gasteiger partial charge in [-0.25, -0.2) is 0 Å². The van der Waals surface area contributed by atoms with E-state index in [1.807, 2.05) is 0 Å². The van der Waals surface area contributed by atoms with Gasteiger partial charge >= 0.3 is 0 Å². The maximum Gasteiger partial charge on any atom is -0.0259 e. The molecule has 0 saturated heterocycles. The van der Waals surface area contributed by atoms with Gasteiger partial charge in [0.15, 0.2) is 0 Å². The molecule has 0 heteroatoms. The van der Waals surface area contributed by atoms with Crippen LogP contribution in [0.1, 0.15) is 51.5 Å². The van der Waals surface area contributed by atoms with Gasteiger partial charge in [0, 0.05) is 0 Å². The van der Waals surface area contributed by atoms with Gasteiger partial charge in [0.05, 0.1) is 0 Å². The second-order valence-corrected chi connectivity index (χ2v) is 4.60. The fourth-order valence-corrected chi connectivity index (χ4v) is 1.83. The summed E-state index contributed by atoms with van der Waals surface area (Å²) < 4.78 is 0. The van der Waals surface area contributed by atoms with Crippen molar-refractivity contribution in [1.82, 2.24) is 0 Å². The average Bonchev–Trinajstić information content (AvgIpc) is 2.33. The standard InChI is InChI=1S/C16H24/c1-3-4-5-7-10-15(2)13-14-16-11-8-6-9-12-16/h6,8-9,11-15H,3-5,7,10H2,1-2H3. The fraction of sp³-hybridized carbons (Fsp3) is 0.500. The van der Waals surface area contributed by atoms with Crippen LogP contribution in [0.3, 0.4) is 0 Å². The molecule has 0 aromatic heterocycles. The van der Waals surface area contributed by atoms with Gasteiger partial charge in [0.1, 0.15) is 0 Å². The summed E-state index contributed by atoms with van der Waals surface area (Å²) in [5, 5.41) is 0. The topological polar surface area (TPSA) is 0 Å². The van der Waals surface area contributed by atoms with Gasteiger partial charge in [0.2, 0.25) is 0 Å². The van der Waals surface area contributed by atoms with E-state index < -0.39 is 0 Å². The van der Waals surface area contributed by atoms with Gasteiger partial charge in [-0.05, 0) is 17.9 Å². The van der Waals surface area contributed by atoms with Crippen LogP contribution in [0.4, 0.5) is 0 Å². The lowest BCUT2D eigenvalue weighted by molar-refractivity contribution is 0.562. The molecule has 0 aliphatic heterocycles. The lowest BCUT2D eigenvalue weighted by Gasteiger charge is -2.05. The van der Waals surface area contributed by atoms with Crippen molar-refractivity contribution in [2.75, 3.05) is 0 Å². The minimum absolute atomic E-state index is 0.706. The zero-order valence-corrected chi connectivity index (χ0v) is 10.7. The average molecular weight is 216 g/mol. The Bertz CT molecular complexity index is 284. The van der Waals surface area contributed by atoms with E-state index in [1.165, 1.54) is 37.7 Å². The molecule has 0 heterocycles. The Kier molecular flexibility index (Phi) is 6.64. The van der Waals surface area contributed by atoms with Crippen LogP contribution in [0.15, 0.2) is 36.4 Å². The van der Waals surface area contributed by atoms with Crippen molar-refractivity contribution >= 4 is 6.08 Å². The van der Waals surface area contributed by atoms with Crippen LogP contribution in [0.25, 0.3) is 6.08 Å². The number of benzene rings is 1. The molecule has 16 heavy (non-hydrogen) atoms. The highest BCUT2D eigenvalue weighted by molar-refractivity contribution is 5.48. The first kappa shape index (κ1) is 13.0. The normalized spacial score (nSPS) is 13.1. The zero-order valence-electron chi connectivity index (χ0n) is 10.7. The lowest BCUT2D eigenvalue weighted by atomic mass is 10.0. The van der Waals surface area contributed by atoms with Crippen LogP contribution < -0.4 is 0 Å². The molecule has 0 aliphatic rings. The van der Waals surface area contributed by atoms with Crippen molar-refractivity contribution in [3.05, 3.63) is 42.0 Å². The summed E-state index contributed by atoms with van der Waals surface area (Å²) in [6, 6.07) is 10.5. The van der Waals surface area contributed by atoms with Crippen molar-refractivity contribution in [2.24, 2.45) is 5.92 Å². The van der Waals surface area contributed by atoms with Crippen molar-refractivity contribution in [3.63, 3.8) is 0 Å². The van der Waals surface area contributed by atoms with Crippen LogP contribution in [0, 0.1) is 5.92 Å². The van der Waals surface area contributed by atoms with E-state index >= 15 is 0 Å². The maximum atomic E-state index is 2.33. The van der Waals surface area contributed by atoms with E-state index in [0.717, 1.165) is 0 Å². The summed E-state index contributed by atoms with van der Waals surface area (Å²) in [6.07, 6.45) is 11.4. The fourth-order valence-electron chi connectivity index (χ4n) is 1.83. The molecule has 1 aromatic rings. The van der Waals surface area contributed by atoms with Gasteiger partial charge in [0.25, 0.3) is 0 Å². The van der Waals surface area contributed by atoms with Crippen molar-refractivity contribution in [2.45, 2.75) is 46.0 Å². The predicted molar refractivity (Wildman–Crippen MR) is 73.4 cm³/mol. The second-order valence-electron chi connectivity index (χ2n) is 4.60. The minimum Gasteiger partial charge on any atom is -0.0811 e. The maximum absolute atomic E-state index is 2.33. The van der Waals surface area contributed by atoms with Crippen LogP contribution in [0.5, 0.6) is 0 Å². The van der Waals surface area contributed by atoms with Crippen LogP contribution in [-0.2, 0) is 0 Å². The summed E-state index contributed by atoms with van der Waals surface area (Å²) >= 11 is 0. The van der Waals surface area contributed by atoms with Gasteiger partial charge < -0.3 is 0 Å². The van der Waals surface area contributed by atoms with Gasteiger partial charge in [-0.3, -0.25) is 0 Å². The first-order valence-electron chi connectivity index (χ1n) is 6.56. The monoisotopic (exact) mass is 216 g/mol. The number of allylic oxidation sites excluding steroid dienone is 1. The van der Waals surface area contributed by atoms with Crippen LogP contribution in [-0.4, -0.2) is 0 Å². The molecule has 0 N–H and O–H groups in total. The number of unbranched alkanes of at least 4 members (excludes halogenated alkanes) is 3. The molecule has 0 nitrogen and oxygen atoms in total. The first-order chi connectivity index (χ1) is 7.83. The summed E-state index contributed by atoms with van der Waals surface area (Å²) in [5.74, 6) is 0.706. The third kappa shape index (κ3) is 5.75. The zero-order chi connectivity index (χ0) is 11.6. The van der Waals surface area contributed by atoms with E-state index in [1.54, 1.807) is 0 Å². The molecule has 0 aliphatic carbocycles. The van der Waals surface area contributed by atoms with Gasteiger partial charge in [-0.15, -0.1) is 0 Å². The SMILES string of the molecule is CCCCCCC(C)C=Cc1ccccc1. The third-order valence-corrected chi connectivity index (χ3v) is 2.93. The predicted octanol–water partition coefficient (Wildman–Crippen LogP) is 5.31. The molecular weight excluding hydrogens is 192 g/mol. The number of hydrogen-bond donors (Lipinski definition) is 0. The highest BCUT2D eigenvalue weighted by Gasteiger charge is 1.96. The Hall–Kier alpha value is -1.04. The number of rotatable bonds is 7. The van der Waals surface area contributed by atoms with Gasteiger partial charge in [-0.1, -0.05) is 82.0 Å². The molecule has 0 spiro atoms. The highest BCUT2D eigenvalue weighted by atomic mass is 14.0. The van der Waals surface area contributed by atoms with Crippen molar-refractivity contribution in [3.8, 4) is 0 Å². The molecule has 1 rings (SSSR count). The summed E-state index contributed by atoms with van der Waals surface area (Å²) in [7, 11) is 0. The molecule has 1 atom stereocenters. The summed E-state index contributed by atoms with van der Waals surface area (Å²) in [6.45, 7) is 4.57. The Morgan fingerprint density at radius 1 is 1.06 bits per heavy atom. The van der Waals surface area contributed by atoms with E-state index in [4.69, 9.17) is 0 Å². The molecule has 88 valence electrons. The number of hydrogen-bond acceptors (Lipinski definition) is 0. The largest absolute Gasteiger partial charge is 0.0811 e. The van der Waals surface area contributed by atoms with Crippen LogP contribution in [0.2, 0.25) is 0 Å². The molecule has 0 saturated carbocycles. The molecule has 1 unspecified atom stereocenters. The molecular formula is C16H24. The van der Waals surface area contributed by atoms with Gasteiger partial charge in [-0.2, -0.15) is 0 Å². The van der Waals surface area contributed by atoms with E-state index in [0.29, 0.717) is 5.92 Å². The second kappa shape index (κ2) is 8.15. The van der Waals surface area contributed by atoms with E-state index in [2.05, 4.69) is 56.3 Å². The molecule has 1 aromatic carbocycles. The highest BCUT2D eigenvalue weighted by Crippen LogP contribution is 2.13. The quantitative estimate of drug-likeness (QED) is 0.542. The lowest BCUT2D eigenvalue weighted by Crippen LogP contribution is -1.89. The van der Waals surface area contributed by atoms with E-state index in [-0.39, 0.29) is 0 Å². The Morgan fingerprint density at radius 3 is 2.50 bits per heavy atom. The Labute approximate surface area is 100 Å². The Morgan fingerprint density at radius 2 is 1.81 bits per heavy atom. The molecule has 0 radical (unpaired) electrons. The van der Waals surface area contributed by atoms with Crippen molar-refractivity contribution < 1.29 is 0 Å². The van der Waals surface area contributed by atoms with E-state index in [9.17, 15) is 0 Å². The smallest absolute Gasteiger partial charge is 0.0259 e. The third-order valence-electron chi connectivity index (χ3n) is 2.93. The molecule has 0 amide bonds. The van der Waals surface area contributed by atoms with Crippen molar-refractivity contribution in [1.29, 1.82) is 0 Å². The minimum atomic E-state index is 0.706.